The second-order valence-corrected chi connectivity index (χ2v) is 3.72. The van der Waals surface area contributed by atoms with Crippen LogP contribution in [-0.4, -0.2) is 55.3 Å². The standard InChI is InChI=1S/C11H17N5O/c1-16(2)6-8-17-7-5-14-11-13-4-3-10(9-12)15-11/h3-4H,5-8H2,1-2H3,(H,13,14,15). The van der Waals surface area contributed by atoms with Gasteiger partial charge in [0.1, 0.15) is 11.8 Å². The van der Waals surface area contributed by atoms with Gasteiger partial charge in [-0.3, -0.25) is 0 Å². The minimum atomic E-state index is 0.357. The zero-order valence-electron chi connectivity index (χ0n) is 10.2. The molecule has 0 unspecified atom stereocenters. The highest BCUT2D eigenvalue weighted by Crippen LogP contribution is 1.98. The Morgan fingerprint density at radius 3 is 3.00 bits per heavy atom. The van der Waals surface area contributed by atoms with Gasteiger partial charge in [-0.05, 0) is 20.2 Å². The van der Waals surface area contributed by atoms with E-state index >= 15 is 0 Å². The van der Waals surface area contributed by atoms with Crippen molar-refractivity contribution < 1.29 is 4.74 Å². The summed E-state index contributed by atoms with van der Waals surface area (Å²) in [5, 5.41) is 11.7. The molecule has 0 bridgehead atoms. The fraction of sp³-hybridized carbons (Fsp3) is 0.545. The lowest BCUT2D eigenvalue weighted by Crippen LogP contribution is -2.20. The second-order valence-electron chi connectivity index (χ2n) is 3.72. The lowest BCUT2D eigenvalue weighted by molar-refractivity contribution is 0.126. The number of nitrogens with zero attached hydrogens (tertiary/aromatic N) is 4. The summed E-state index contributed by atoms with van der Waals surface area (Å²) in [4.78, 5) is 10.0. The molecule has 6 heteroatoms. The van der Waals surface area contributed by atoms with E-state index in [0.29, 0.717) is 31.4 Å². The Kier molecular flexibility index (Phi) is 5.93. The molecule has 0 aliphatic heterocycles. The topological polar surface area (TPSA) is 74.1 Å². The third-order valence-corrected chi connectivity index (χ3v) is 1.98. The van der Waals surface area contributed by atoms with Crippen molar-refractivity contribution in [3.8, 4) is 6.07 Å². The number of nitriles is 1. The SMILES string of the molecule is CN(C)CCOCCNc1nccc(C#N)n1. The van der Waals surface area contributed by atoms with Crippen LogP contribution < -0.4 is 5.32 Å². The van der Waals surface area contributed by atoms with Crippen LogP contribution in [0.2, 0.25) is 0 Å². The van der Waals surface area contributed by atoms with Gasteiger partial charge in [0.15, 0.2) is 0 Å². The Hall–Kier alpha value is -1.71. The third kappa shape index (κ3) is 5.80. The van der Waals surface area contributed by atoms with Crippen LogP contribution in [0, 0.1) is 11.3 Å². The first-order valence-corrected chi connectivity index (χ1v) is 5.42. The molecule has 0 saturated heterocycles. The summed E-state index contributed by atoms with van der Waals surface area (Å²) in [7, 11) is 4.01. The lowest BCUT2D eigenvalue weighted by Gasteiger charge is -2.10. The molecule has 0 saturated carbocycles. The van der Waals surface area contributed by atoms with Crippen molar-refractivity contribution in [1.82, 2.24) is 14.9 Å². The predicted octanol–water partition coefficient (Wildman–Crippen LogP) is 0.338. The zero-order valence-corrected chi connectivity index (χ0v) is 10.2. The molecular formula is C11H17N5O. The molecule has 92 valence electrons. The largest absolute Gasteiger partial charge is 0.378 e. The van der Waals surface area contributed by atoms with E-state index < -0.39 is 0 Å². The summed E-state index contributed by atoms with van der Waals surface area (Å²) < 4.78 is 5.40. The van der Waals surface area contributed by atoms with E-state index in [1.807, 2.05) is 20.2 Å². The zero-order chi connectivity index (χ0) is 12.5. The fourth-order valence-electron chi connectivity index (χ4n) is 1.09. The maximum atomic E-state index is 8.66. The molecule has 0 aliphatic carbocycles. The highest BCUT2D eigenvalue weighted by molar-refractivity contribution is 5.29. The van der Waals surface area contributed by atoms with Gasteiger partial charge < -0.3 is 15.0 Å². The normalized spacial score (nSPS) is 10.2. The van der Waals surface area contributed by atoms with E-state index in [2.05, 4.69) is 20.2 Å². The number of ether oxygens (including phenoxy) is 1. The molecule has 1 heterocycles. The van der Waals surface area contributed by atoms with Crippen molar-refractivity contribution in [3.05, 3.63) is 18.0 Å². The molecule has 0 radical (unpaired) electrons. The van der Waals surface area contributed by atoms with Crippen molar-refractivity contribution >= 4 is 5.95 Å². The quantitative estimate of drug-likeness (QED) is 0.687. The lowest BCUT2D eigenvalue weighted by atomic mass is 10.4. The number of hydrogen-bond acceptors (Lipinski definition) is 6. The molecule has 0 spiro atoms. The van der Waals surface area contributed by atoms with Gasteiger partial charge in [0.25, 0.3) is 0 Å². The highest BCUT2D eigenvalue weighted by Gasteiger charge is 1.97. The summed E-state index contributed by atoms with van der Waals surface area (Å²) in [5.41, 5.74) is 0.357. The number of hydrogen-bond donors (Lipinski definition) is 1. The van der Waals surface area contributed by atoms with Gasteiger partial charge in [-0.1, -0.05) is 0 Å². The second kappa shape index (κ2) is 7.54. The van der Waals surface area contributed by atoms with Crippen LogP contribution in [0.3, 0.4) is 0 Å². The van der Waals surface area contributed by atoms with Crippen LogP contribution in [0.1, 0.15) is 5.69 Å². The molecule has 0 fully saturated rings. The third-order valence-electron chi connectivity index (χ3n) is 1.98. The molecule has 1 rings (SSSR count). The van der Waals surface area contributed by atoms with Crippen molar-refractivity contribution in [3.63, 3.8) is 0 Å². The van der Waals surface area contributed by atoms with Crippen molar-refractivity contribution in [2.45, 2.75) is 0 Å². The number of likely N-dealkylation sites (N-methyl/N-ethyl adjacent to an activating group) is 1. The molecule has 0 aliphatic rings. The first kappa shape index (κ1) is 13.4. The number of nitrogens with one attached hydrogen (secondary N) is 1. The average molecular weight is 235 g/mol. The minimum absolute atomic E-state index is 0.357. The maximum absolute atomic E-state index is 8.66. The minimum Gasteiger partial charge on any atom is -0.378 e. The van der Waals surface area contributed by atoms with Crippen molar-refractivity contribution in [2.24, 2.45) is 0 Å². The summed E-state index contributed by atoms with van der Waals surface area (Å²) in [6, 6.07) is 3.53. The van der Waals surface area contributed by atoms with E-state index in [1.165, 1.54) is 0 Å². The Balaban J connectivity index is 2.16. The summed E-state index contributed by atoms with van der Waals surface area (Å²) in [6.07, 6.45) is 1.56. The van der Waals surface area contributed by atoms with E-state index in [4.69, 9.17) is 10.00 Å². The Labute approximate surface area is 101 Å². The Morgan fingerprint density at radius 2 is 2.29 bits per heavy atom. The van der Waals surface area contributed by atoms with E-state index in [0.717, 1.165) is 6.54 Å². The first-order valence-electron chi connectivity index (χ1n) is 5.42. The van der Waals surface area contributed by atoms with Gasteiger partial charge >= 0.3 is 0 Å². The van der Waals surface area contributed by atoms with Crippen LogP contribution in [0.15, 0.2) is 12.3 Å². The molecule has 1 N–H and O–H groups in total. The molecule has 0 aromatic carbocycles. The van der Waals surface area contributed by atoms with Crippen LogP contribution >= 0.6 is 0 Å². The monoisotopic (exact) mass is 235 g/mol. The smallest absolute Gasteiger partial charge is 0.223 e. The molecule has 17 heavy (non-hydrogen) atoms. The number of rotatable bonds is 7. The highest BCUT2D eigenvalue weighted by atomic mass is 16.5. The fourth-order valence-corrected chi connectivity index (χ4v) is 1.09. The Morgan fingerprint density at radius 1 is 1.47 bits per heavy atom. The van der Waals surface area contributed by atoms with Crippen LogP contribution in [-0.2, 0) is 4.74 Å². The number of anilines is 1. The van der Waals surface area contributed by atoms with E-state index in [-0.39, 0.29) is 0 Å². The van der Waals surface area contributed by atoms with Gasteiger partial charge in [-0.25, -0.2) is 9.97 Å². The van der Waals surface area contributed by atoms with Gasteiger partial charge in [-0.2, -0.15) is 5.26 Å². The predicted molar refractivity (Wildman–Crippen MR) is 64.6 cm³/mol. The van der Waals surface area contributed by atoms with Crippen LogP contribution in [0.4, 0.5) is 5.95 Å². The Bertz CT molecular complexity index is 374. The molecule has 1 aromatic rings. The summed E-state index contributed by atoms with van der Waals surface area (Å²) in [5.74, 6) is 0.459. The van der Waals surface area contributed by atoms with E-state index in [1.54, 1.807) is 12.3 Å². The molecule has 0 amide bonds. The van der Waals surface area contributed by atoms with Crippen molar-refractivity contribution in [2.75, 3.05) is 45.7 Å². The summed E-state index contributed by atoms with van der Waals surface area (Å²) in [6.45, 7) is 2.82. The number of aromatic nitrogens is 2. The van der Waals surface area contributed by atoms with Crippen LogP contribution in [0.5, 0.6) is 0 Å². The average Bonchev–Trinajstić information content (AvgIpc) is 2.33. The van der Waals surface area contributed by atoms with E-state index in [9.17, 15) is 0 Å². The van der Waals surface area contributed by atoms with Crippen LogP contribution in [0.25, 0.3) is 0 Å². The molecular weight excluding hydrogens is 218 g/mol. The van der Waals surface area contributed by atoms with Gasteiger partial charge in [-0.15, -0.1) is 0 Å². The maximum Gasteiger partial charge on any atom is 0.223 e. The molecule has 0 atom stereocenters. The molecule has 6 nitrogen and oxygen atoms in total. The van der Waals surface area contributed by atoms with Gasteiger partial charge in [0.2, 0.25) is 5.95 Å². The van der Waals surface area contributed by atoms with Crippen molar-refractivity contribution in [1.29, 1.82) is 5.26 Å². The summed E-state index contributed by atoms with van der Waals surface area (Å²) >= 11 is 0. The molecule has 1 aromatic heterocycles. The first-order chi connectivity index (χ1) is 8.22. The van der Waals surface area contributed by atoms with Gasteiger partial charge in [0, 0.05) is 19.3 Å². The van der Waals surface area contributed by atoms with Gasteiger partial charge in [0.05, 0.1) is 13.2 Å².